The van der Waals surface area contributed by atoms with Crippen LogP contribution in [0.3, 0.4) is 0 Å². The molecule has 0 saturated heterocycles. The van der Waals surface area contributed by atoms with E-state index in [0.717, 1.165) is 17.2 Å². The van der Waals surface area contributed by atoms with Crippen LogP contribution in [0.1, 0.15) is 48.3 Å². The first kappa shape index (κ1) is 22.2. The number of nitrogens with zero attached hydrogens (tertiary/aromatic N) is 3. The summed E-state index contributed by atoms with van der Waals surface area (Å²) >= 11 is 0. The Morgan fingerprint density at radius 1 is 1.16 bits per heavy atom. The minimum Gasteiger partial charge on any atom is -0.363 e. The van der Waals surface area contributed by atoms with E-state index in [4.69, 9.17) is 0 Å². The Morgan fingerprint density at radius 2 is 1.91 bits per heavy atom. The number of sulfone groups is 1. The first-order valence-corrected chi connectivity index (χ1v) is 11.8. The average Bonchev–Trinajstić information content (AvgIpc) is 2.73. The summed E-state index contributed by atoms with van der Waals surface area (Å²) < 4.78 is 64.2. The van der Waals surface area contributed by atoms with E-state index < -0.39 is 33.7 Å². The highest BCUT2D eigenvalue weighted by Gasteiger charge is 2.22. The second kappa shape index (κ2) is 8.50. The number of hydrogen-bond donors (Lipinski definition) is 1. The maximum absolute atomic E-state index is 14.6. The van der Waals surface area contributed by atoms with E-state index >= 15 is 0 Å². The van der Waals surface area contributed by atoms with Crippen molar-refractivity contribution in [2.75, 3.05) is 16.8 Å². The SMILES string of the molecule is Cc1nc(N[C@H](C)c2cccc(C(F)F)c2F)c2cc(C3=CCS(=O)(=O)CC3)cnc2n1. The van der Waals surface area contributed by atoms with Gasteiger partial charge in [-0.25, -0.2) is 36.5 Å². The van der Waals surface area contributed by atoms with E-state index in [1.165, 1.54) is 12.1 Å². The van der Waals surface area contributed by atoms with E-state index in [1.807, 2.05) is 6.07 Å². The molecule has 0 fully saturated rings. The van der Waals surface area contributed by atoms with Gasteiger partial charge in [0.15, 0.2) is 15.5 Å². The third-order valence-electron chi connectivity index (χ3n) is 5.41. The summed E-state index contributed by atoms with van der Waals surface area (Å²) in [6.45, 7) is 3.35. The van der Waals surface area contributed by atoms with Gasteiger partial charge in [0.05, 0.1) is 28.5 Å². The summed E-state index contributed by atoms with van der Waals surface area (Å²) in [6.07, 6.45) is 0.783. The second-order valence-electron chi connectivity index (χ2n) is 7.73. The van der Waals surface area contributed by atoms with Crippen molar-refractivity contribution >= 4 is 32.3 Å². The van der Waals surface area contributed by atoms with Crippen LogP contribution in [-0.4, -0.2) is 34.9 Å². The predicted molar refractivity (Wildman–Crippen MR) is 117 cm³/mol. The van der Waals surface area contributed by atoms with Crippen LogP contribution in [-0.2, 0) is 9.84 Å². The van der Waals surface area contributed by atoms with Gasteiger partial charge in [0.2, 0.25) is 0 Å². The summed E-state index contributed by atoms with van der Waals surface area (Å²) in [5, 5.41) is 3.67. The fraction of sp³-hybridized carbons (Fsp3) is 0.318. The summed E-state index contributed by atoms with van der Waals surface area (Å²) in [6, 6.07) is 5.06. The first-order chi connectivity index (χ1) is 15.1. The van der Waals surface area contributed by atoms with Crippen LogP contribution in [0.25, 0.3) is 16.6 Å². The van der Waals surface area contributed by atoms with Crippen molar-refractivity contribution in [2.45, 2.75) is 32.7 Å². The molecule has 4 rings (SSSR count). The normalized spacial score (nSPS) is 16.8. The van der Waals surface area contributed by atoms with Crippen molar-refractivity contribution in [1.29, 1.82) is 0 Å². The highest BCUT2D eigenvalue weighted by Crippen LogP contribution is 2.31. The lowest BCUT2D eigenvalue weighted by Gasteiger charge is -2.19. The van der Waals surface area contributed by atoms with Gasteiger partial charge in [-0.2, -0.15) is 0 Å². The summed E-state index contributed by atoms with van der Waals surface area (Å²) in [4.78, 5) is 13.1. The predicted octanol–water partition coefficient (Wildman–Crippen LogP) is 4.78. The quantitative estimate of drug-likeness (QED) is 0.587. The summed E-state index contributed by atoms with van der Waals surface area (Å²) in [5.74, 6) is -0.0713. The van der Waals surface area contributed by atoms with Gasteiger partial charge in [0.25, 0.3) is 6.43 Å². The average molecular weight is 462 g/mol. The van der Waals surface area contributed by atoms with Gasteiger partial charge >= 0.3 is 0 Å². The molecular weight excluding hydrogens is 441 g/mol. The van der Waals surface area contributed by atoms with E-state index in [2.05, 4.69) is 20.3 Å². The molecule has 32 heavy (non-hydrogen) atoms. The topological polar surface area (TPSA) is 84.8 Å². The molecule has 1 aliphatic heterocycles. The molecule has 0 unspecified atom stereocenters. The largest absolute Gasteiger partial charge is 0.363 e. The second-order valence-corrected chi connectivity index (χ2v) is 9.95. The Hall–Kier alpha value is -3.01. The van der Waals surface area contributed by atoms with Crippen LogP contribution < -0.4 is 5.32 Å². The van der Waals surface area contributed by atoms with Gasteiger partial charge in [0.1, 0.15) is 17.5 Å². The lowest BCUT2D eigenvalue weighted by atomic mass is 10.0. The highest BCUT2D eigenvalue weighted by molar-refractivity contribution is 7.91. The molecule has 0 spiro atoms. The molecule has 1 aliphatic rings. The Kier molecular flexibility index (Phi) is 5.89. The van der Waals surface area contributed by atoms with Crippen LogP contribution in [0.4, 0.5) is 19.0 Å². The van der Waals surface area contributed by atoms with Gasteiger partial charge in [0, 0.05) is 11.8 Å². The minimum atomic E-state index is -3.06. The summed E-state index contributed by atoms with van der Waals surface area (Å²) in [7, 11) is -3.06. The number of alkyl halides is 2. The van der Waals surface area contributed by atoms with E-state index in [9.17, 15) is 21.6 Å². The Bertz CT molecular complexity index is 1330. The number of hydrogen-bond acceptors (Lipinski definition) is 6. The molecule has 0 radical (unpaired) electrons. The van der Waals surface area contributed by atoms with Gasteiger partial charge in [-0.1, -0.05) is 24.3 Å². The van der Waals surface area contributed by atoms with E-state index in [-0.39, 0.29) is 17.1 Å². The molecule has 168 valence electrons. The number of aromatic nitrogens is 3. The number of allylic oxidation sites excluding steroid dienone is 1. The van der Waals surface area contributed by atoms with Crippen LogP contribution in [0, 0.1) is 12.7 Å². The van der Waals surface area contributed by atoms with Crippen LogP contribution in [0.5, 0.6) is 0 Å². The van der Waals surface area contributed by atoms with Crippen LogP contribution in [0.2, 0.25) is 0 Å². The number of aryl methyl sites for hydroxylation is 1. The minimum absolute atomic E-state index is 0.0212. The lowest BCUT2D eigenvalue weighted by molar-refractivity contribution is 0.146. The molecule has 2 aromatic heterocycles. The van der Waals surface area contributed by atoms with E-state index in [1.54, 1.807) is 26.1 Å². The third kappa shape index (κ3) is 4.45. The zero-order valence-electron chi connectivity index (χ0n) is 17.4. The number of pyridine rings is 1. The molecule has 1 N–H and O–H groups in total. The maximum Gasteiger partial charge on any atom is 0.266 e. The van der Waals surface area contributed by atoms with Gasteiger partial charge < -0.3 is 5.32 Å². The number of benzene rings is 1. The molecule has 6 nitrogen and oxygen atoms in total. The Balaban J connectivity index is 1.72. The number of fused-ring (bicyclic) bond motifs is 1. The first-order valence-electron chi connectivity index (χ1n) is 10.0. The molecule has 0 saturated carbocycles. The van der Waals surface area contributed by atoms with Crippen LogP contribution in [0.15, 0.2) is 36.5 Å². The monoisotopic (exact) mass is 462 g/mol. The number of anilines is 1. The standard InChI is InChI=1S/C22H21F3N4O2S/c1-12(16-4-3-5-17(19(16)23)20(24)25)27-22-18-10-15(11-26-21(18)28-13(2)29-22)14-6-8-32(30,31)9-7-14/h3-6,10-12,20H,7-9H2,1-2H3,(H,26,27,28,29)/t12-/m1/s1. The van der Waals surface area contributed by atoms with Crippen LogP contribution >= 0.6 is 0 Å². The fourth-order valence-electron chi connectivity index (χ4n) is 3.70. The molecule has 0 bridgehead atoms. The number of rotatable bonds is 5. The van der Waals surface area contributed by atoms with Gasteiger partial charge in [-0.3, -0.25) is 0 Å². The fourth-order valence-corrected chi connectivity index (χ4v) is 4.85. The molecule has 1 aromatic carbocycles. The van der Waals surface area contributed by atoms with Crippen molar-refractivity contribution in [3.63, 3.8) is 0 Å². The summed E-state index contributed by atoms with van der Waals surface area (Å²) in [5.41, 5.74) is 1.48. The molecule has 1 atom stereocenters. The van der Waals surface area contributed by atoms with E-state index in [0.29, 0.717) is 29.1 Å². The van der Waals surface area contributed by atoms with Crippen molar-refractivity contribution in [2.24, 2.45) is 0 Å². The zero-order chi connectivity index (χ0) is 23.0. The van der Waals surface area contributed by atoms with Crippen molar-refractivity contribution in [1.82, 2.24) is 15.0 Å². The molecule has 3 heterocycles. The molecule has 0 aliphatic carbocycles. The lowest BCUT2D eigenvalue weighted by Crippen LogP contribution is -2.15. The number of halogens is 3. The van der Waals surface area contributed by atoms with Gasteiger partial charge in [-0.05, 0) is 37.5 Å². The molecular formula is C22H21F3N4O2S. The molecule has 10 heteroatoms. The van der Waals surface area contributed by atoms with Crippen molar-refractivity contribution in [3.05, 3.63) is 64.9 Å². The highest BCUT2D eigenvalue weighted by atomic mass is 32.2. The maximum atomic E-state index is 14.6. The molecule has 3 aromatic rings. The van der Waals surface area contributed by atoms with Gasteiger partial charge in [-0.15, -0.1) is 0 Å². The molecule has 0 amide bonds. The zero-order valence-corrected chi connectivity index (χ0v) is 18.3. The Labute approximate surface area is 183 Å². The smallest absolute Gasteiger partial charge is 0.266 e. The van der Waals surface area contributed by atoms with Crippen molar-refractivity contribution < 1.29 is 21.6 Å². The third-order valence-corrected chi connectivity index (χ3v) is 6.91. The van der Waals surface area contributed by atoms with Crippen molar-refractivity contribution in [3.8, 4) is 0 Å². The Morgan fingerprint density at radius 3 is 2.59 bits per heavy atom. The number of nitrogens with one attached hydrogen (secondary N) is 1.